The molecule has 3 heteroatoms. The molecule has 17 heavy (non-hydrogen) atoms. The summed E-state index contributed by atoms with van der Waals surface area (Å²) in [4.78, 5) is 8.73. The maximum atomic E-state index is 6.12. The van der Waals surface area contributed by atoms with E-state index in [9.17, 15) is 0 Å². The van der Waals surface area contributed by atoms with Gasteiger partial charge in [-0.1, -0.05) is 20.3 Å². The van der Waals surface area contributed by atoms with E-state index in [0.29, 0.717) is 0 Å². The van der Waals surface area contributed by atoms with Gasteiger partial charge < -0.3 is 5.73 Å². The first-order valence-electron chi connectivity index (χ1n) is 6.26. The standard InChI is InChI=1S/C14H25N3/c1-6-9-10-17-14(12(5)16-8-3)13(15)11(4)7-2/h8,10H,6-7,9,15H2,1-5H3/b13-11-,14-12+,16-8?,17-10?. The lowest BCUT2D eigenvalue weighted by Gasteiger charge is -2.08. The van der Waals surface area contributed by atoms with E-state index in [2.05, 4.69) is 23.8 Å². The first-order valence-corrected chi connectivity index (χ1v) is 6.26. The van der Waals surface area contributed by atoms with Crippen molar-refractivity contribution in [1.29, 1.82) is 0 Å². The molecule has 0 heterocycles. The zero-order valence-corrected chi connectivity index (χ0v) is 11.7. The molecule has 0 spiro atoms. The van der Waals surface area contributed by atoms with Gasteiger partial charge in [-0.25, -0.2) is 0 Å². The molecule has 0 saturated carbocycles. The Labute approximate surface area is 105 Å². The first kappa shape index (κ1) is 15.6. The van der Waals surface area contributed by atoms with Crippen LogP contribution in [0.3, 0.4) is 0 Å². The first-order chi connectivity index (χ1) is 8.08. The Morgan fingerprint density at radius 2 is 1.82 bits per heavy atom. The van der Waals surface area contributed by atoms with Crippen molar-refractivity contribution in [3.63, 3.8) is 0 Å². The van der Waals surface area contributed by atoms with Crippen LogP contribution in [0.4, 0.5) is 0 Å². The average Bonchev–Trinajstić information content (AvgIpc) is 2.33. The van der Waals surface area contributed by atoms with E-state index in [-0.39, 0.29) is 0 Å². The molecule has 0 aromatic heterocycles. The lowest BCUT2D eigenvalue weighted by molar-refractivity contribution is 0.993. The minimum absolute atomic E-state index is 0.753. The van der Waals surface area contributed by atoms with E-state index in [1.165, 1.54) is 0 Å². The van der Waals surface area contributed by atoms with Crippen molar-refractivity contribution in [2.24, 2.45) is 15.7 Å². The highest BCUT2D eigenvalue weighted by atomic mass is 14.9. The number of nitrogens with two attached hydrogens (primary N) is 1. The van der Waals surface area contributed by atoms with Gasteiger partial charge in [0.2, 0.25) is 0 Å². The van der Waals surface area contributed by atoms with Crippen LogP contribution < -0.4 is 5.73 Å². The summed E-state index contributed by atoms with van der Waals surface area (Å²) >= 11 is 0. The molecule has 0 saturated heterocycles. The predicted octanol–water partition coefficient (Wildman–Crippen LogP) is 3.82. The van der Waals surface area contributed by atoms with Gasteiger partial charge in [0, 0.05) is 12.4 Å². The molecule has 0 fully saturated rings. The predicted molar refractivity (Wildman–Crippen MR) is 77.4 cm³/mol. The van der Waals surface area contributed by atoms with Crippen LogP contribution in [0.2, 0.25) is 0 Å². The molecular weight excluding hydrogens is 210 g/mol. The zero-order valence-electron chi connectivity index (χ0n) is 11.7. The number of unbranched alkanes of at least 4 members (excludes halogenated alkanes) is 1. The molecule has 0 aliphatic rings. The van der Waals surface area contributed by atoms with Crippen LogP contribution in [-0.4, -0.2) is 12.4 Å². The molecule has 0 amide bonds. The fourth-order valence-electron chi connectivity index (χ4n) is 1.29. The summed E-state index contributed by atoms with van der Waals surface area (Å²) in [5, 5.41) is 0. The third kappa shape index (κ3) is 5.48. The van der Waals surface area contributed by atoms with Crippen LogP contribution >= 0.6 is 0 Å². The Balaban J connectivity index is 5.34. The Morgan fingerprint density at radius 3 is 2.29 bits per heavy atom. The van der Waals surface area contributed by atoms with Gasteiger partial charge in [-0.2, -0.15) is 0 Å². The maximum absolute atomic E-state index is 6.12. The van der Waals surface area contributed by atoms with Crippen molar-refractivity contribution in [1.82, 2.24) is 0 Å². The molecular formula is C14H25N3. The van der Waals surface area contributed by atoms with E-state index >= 15 is 0 Å². The largest absolute Gasteiger partial charge is 0.397 e. The highest BCUT2D eigenvalue weighted by Crippen LogP contribution is 2.18. The Kier molecular flexibility index (Phi) is 8.03. The zero-order chi connectivity index (χ0) is 13.3. The summed E-state index contributed by atoms with van der Waals surface area (Å²) in [6.07, 6.45) is 6.66. The van der Waals surface area contributed by atoms with E-state index in [4.69, 9.17) is 5.73 Å². The molecule has 0 aliphatic carbocycles. The molecule has 96 valence electrons. The number of aliphatic imine (C=N–C) groups is 2. The molecule has 0 radical (unpaired) electrons. The van der Waals surface area contributed by atoms with E-state index < -0.39 is 0 Å². The summed E-state index contributed by atoms with van der Waals surface area (Å²) < 4.78 is 0. The van der Waals surface area contributed by atoms with Gasteiger partial charge in [-0.3, -0.25) is 9.98 Å². The van der Waals surface area contributed by atoms with Crippen molar-refractivity contribution >= 4 is 12.4 Å². The topological polar surface area (TPSA) is 50.7 Å². The smallest absolute Gasteiger partial charge is 0.107 e. The molecule has 0 aliphatic heterocycles. The van der Waals surface area contributed by atoms with Gasteiger partial charge in [0.25, 0.3) is 0 Å². The van der Waals surface area contributed by atoms with Gasteiger partial charge >= 0.3 is 0 Å². The summed E-state index contributed by atoms with van der Waals surface area (Å²) in [6.45, 7) is 10.1. The van der Waals surface area contributed by atoms with Crippen molar-refractivity contribution < 1.29 is 0 Å². The quantitative estimate of drug-likeness (QED) is 0.552. The fraction of sp³-hybridized carbons (Fsp3) is 0.571. The second-order valence-electron chi connectivity index (χ2n) is 3.97. The fourth-order valence-corrected chi connectivity index (χ4v) is 1.29. The highest BCUT2D eigenvalue weighted by molar-refractivity contribution is 5.61. The van der Waals surface area contributed by atoms with Crippen LogP contribution in [0.5, 0.6) is 0 Å². The van der Waals surface area contributed by atoms with Gasteiger partial charge in [0.1, 0.15) is 5.70 Å². The molecule has 2 N–H and O–H groups in total. The molecule has 0 unspecified atom stereocenters. The molecule has 3 nitrogen and oxygen atoms in total. The SMILES string of the molecule is CC=N/C(C)=C(N=CCCC)\C(N)=C(/C)CC. The molecule has 0 aromatic rings. The summed E-state index contributed by atoms with van der Waals surface area (Å²) in [6, 6.07) is 0. The van der Waals surface area contributed by atoms with Gasteiger partial charge in [-0.05, 0) is 39.2 Å². The molecule has 0 bridgehead atoms. The lowest BCUT2D eigenvalue weighted by atomic mass is 10.1. The van der Waals surface area contributed by atoms with E-state index in [1.54, 1.807) is 6.21 Å². The number of nitrogens with zero attached hydrogens (tertiary/aromatic N) is 2. The number of rotatable bonds is 6. The maximum Gasteiger partial charge on any atom is 0.107 e. The minimum atomic E-state index is 0.753. The van der Waals surface area contributed by atoms with E-state index in [1.807, 2.05) is 27.0 Å². The number of allylic oxidation sites excluding steroid dienone is 2. The summed E-state index contributed by atoms with van der Waals surface area (Å²) in [5.74, 6) is 0. The van der Waals surface area contributed by atoms with Gasteiger partial charge in [-0.15, -0.1) is 0 Å². The van der Waals surface area contributed by atoms with E-state index in [0.717, 1.165) is 41.9 Å². The molecule has 0 aromatic carbocycles. The Hall–Kier alpha value is -1.38. The van der Waals surface area contributed by atoms with Crippen molar-refractivity contribution in [3.05, 3.63) is 22.7 Å². The second-order valence-corrected chi connectivity index (χ2v) is 3.97. The van der Waals surface area contributed by atoms with Crippen LogP contribution in [0, 0.1) is 0 Å². The average molecular weight is 235 g/mol. The summed E-state index contributed by atoms with van der Waals surface area (Å²) in [5.41, 5.74) is 9.69. The molecule has 0 atom stereocenters. The second kappa shape index (κ2) is 8.74. The van der Waals surface area contributed by atoms with Gasteiger partial charge in [0.05, 0.1) is 11.4 Å². The third-order valence-corrected chi connectivity index (χ3v) is 2.55. The van der Waals surface area contributed by atoms with Crippen molar-refractivity contribution in [3.8, 4) is 0 Å². The normalized spacial score (nSPS) is 15.4. The van der Waals surface area contributed by atoms with Crippen LogP contribution in [-0.2, 0) is 0 Å². The molecule has 0 rings (SSSR count). The highest BCUT2D eigenvalue weighted by Gasteiger charge is 2.06. The van der Waals surface area contributed by atoms with Crippen LogP contribution in [0.25, 0.3) is 0 Å². The van der Waals surface area contributed by atoms with Crippen LogP contribution in [0.15, 0.2) is 32.6 Å². The number of hydrogen-bond acceptors (Lipinski definition) is 3. The Morgan fingerprint density at radius 1 is 1.18 bits per heavy atom. The third-order valence-electron chi connectivity index (χ3n) is 2.55. The van der Waals surface area contributed by atoms with Crippen LogP contribution in [0.1, 0.15) is 53.9 Å². The Bertz CT molecular complexity index is 346. The van der Waals surface area contributed by atoms with Crippen molar-refractivity contribution in [2.75, 3.05) is 0 Å². The van der Waals surface area contributed by atoms with Crippen molar-refractivity contribution in [2.45, 2.75) is 53.9 Å². The number of hydrogen-bond donors (Lipinski definition) is 1. The summed E-state index contributed by atoms with van der Waals surface area (Å²) in [7, 11) is 0. The van der Waals surface area contributed by atoms with Gasteiger partial charge in [0.15, 0.2) is 0 Å². The monoisotopic (exact) mass is 235 g/mol. The minimum Gasteiger partial charge on any atom is -0.397 e. The lowest BCUT2D eigenvalue weighted by Crippen LogP contribution is -2.05.